The van der Waals surface area contributed by atoms with Gasteiger partial charge in [0.25, 0.3) is 0 Å². The highest BCUT2D eigenvalue weighted by atomic mass is 15.3. The van der Waals surface area contributed by atoms with Crippen LogP contribution in [0, 0.1) is 0 Å². The van der Waals surface area contributed by atoms with E-state index in [1.54, 1.807) is 0 Å². The molecule has 0 aliphatic heterocycles. The lowest BCUT2D eigenvalue weighted by Crippen LogP contribution is -2.17. The highest BCUT2D eigenvalue weighted by molar-refractivity contribution is 5.80. The Morgan fingerprint density at radius 3 is 2.75 bits per heavy atom. The average Bonchev–Trinajstić information content (AvgIpc) is 3.23. The first kappa shape index (κ1) is 11.7. The van der Waals surface area contributed by atoms with Crippen LogP contribution in [0.2, 0.25) is 0 Å². The van der Waals surface area contributed by atoms with Crippen LogP contribution in [0.15, 0.2) is 54.7 Å². The molecule has 2 aromatic carbocycles. The van der Waals surface area contributed by atoms with E-state index in [-0.39, 0.29) is 0 Å². The second-order valence-corrected chi connectivity index (χ2v) is 5.40. The summed E-state index contributed by atoms with van der Waals surface area (Å²) in [4.78, 5) is 0. The van der Waals surface area contributed by atoms with Gasteiger partial charge < -0.3 is 5.32 Å². The fourth-order valence-corrected chi connectivity index (χ4v) is 2.57. The van der Waals surface area contributed by atoms with E-state index < -0.39 is 0 Å². The maximum Gasteiger partial charge on any atom is 0.0741 e. The van der Waals surface area contributed by atoms with Crippen LogP contribution in [0.5, 0.6) is 0 Å². The molecule has 1 aliphatic rings. The van der Waals surface area contributed by atoms with Crippen molar-refractivity contribution in [2.75, 3.05) is 0 Å². The van der Waals surface area contributed by atoms with Crippen molar-refractivity contribution in [1.29, 1.82) is 0 Å². The van der Waals surface area contributed by atoms with Crippen LogP contribution in [0.25, 0.3) is 16.6 Å². The maximum absolute atomic E-state index is 4.56. The van der Waals surface area contributed by atoms with Gasteiger partial charge in [-0.25, -0.2) is 4.68 Å². The van der Waals surface area contributed by atoms with Gasteiger partial charge in [0.1, 0.15) is 0 Å². The molecule has 1 saturated carbocycles. The first-order valence-corrected chi connectivity index (χ1v) is 7.16. The molecule has 0 amide bonds. The molecule has 1 N–H and O–H groups in total. The van der Waals surface area contributed by atoms with Gasteiger partial charge in [-0.05, 0) is 30.5 Å². The summed E-state index contributed by atoms with van der Waals surface area (Å²) in [6.07, 6.45) is 4.56. The van der Waals surface area contributed by atoms with E-state index in [4.69, 9.17) is 0 Å². The SMILES string of the molecule is c1ccc(-n2ncc3ccccc32)c(CNC2CC2)c1. The lowest BCUT2D eigenvalue weighted by molar-refractivity contribution is 0.682. The lowest BCUT2D eigenvalue weighted by Gasteiger charge is -2.11. The van der Waals surface area contributed by atoms with Gasteiger partial charge in [-0.15, -0.1) is 0 Å². The molecule has 3 aromatic rings. The molecule has 0 unspecified atom stereocenters. The van der Waals surface area contributed by atoms with E-state index in [0.29, 0.717) is 0 Å². The van der Waals surface area contributed by atoms with Crippen molar-refractivity contribution in [3.05, 3.63) is 60.3 Å². The first-order valence-electron chi connectivity index (χ1n) is 7.16. The van der Waals surface area contributed by atoms with Crippen LogP contribution in [0.4, 0.5) is 0 Å². The monoisotopic (exact) mass is 263 g/mol. The predicted molar refractivity (Wildman–Crippen MR) is 80.9 cm³/mol. The molecule has 0 atom stereocenters. The minimum absolute atomic E-state index is 0.720. The minimum atomic E-state index is 0.720. The fourth-order valence-electron chi connectivity index (χ4n) is 2.57. The standard InChI is InChI=1S/C17H17N3/c1-3-7-16(13(5-1)11-18-15-9-10-15)20-17-8-4-2-6-14(17)12-19-20/h1-8,12,15,18H,9-11H2. The molecular formula is C17H17N3. The molecule has 1 fully saturated rings. The zero-order valence-corrected chi connectivity index (χ0v) is 11.3. The summed E-state index contributed by atoms with van der Waals surface area (Å²) in [7, 11) is 0. The highest BCUT2D eigenvalue weighted by Crippen LogP contribution is 2.23. The molecule has 4 rings (SSSR count). The van der Waals surface area contributed by atoms with E-state index in [9.17, 15) is 0 Å². The van der Waals surface area contributed by atoms with Crippen molar-refractivity contribution < 1.29 is 0 Å². The number of nitrogens with zero attached hydrogens (tertiary/aromatic N) is 2. The van der Waals surface area contributed by atoms with Crippen LogP contribution in [0.1, 0.15) is 18.4 Å². The fraction of sp³-hybridized carbons (Fsp3) is 0.235. The normalized spacial score (nSPS) is 14.8. The number of nitrogens with one attached hydrogen (secondary N) is 1. The zero-order valence-electron chi connectivity index (χ0n) is 11.3. The Hall–Kier alpha value is -2.13. The van der Waals surface area contributed by atoms with Gasteiger partial charge in [-0.2, -0.15) is 5.10 Å². The number of hydrogen-bond donors (Lipinski definition) is 1. The van der Waals surface area contributed by atoms with Gasteiger partial charge in [0.2, 0.25) is 0 Å². The third-order valence-corrected chi connectivity index (χ3v) is 3.86. The van der Waals surface area contributed by atoms with Crippen molar-refractivity contribution in [3.63, 3.8) is 0 Å². The molecule has 20 heavy (non-hydrogen) atoms. The molecule has 3 heteroatoms. The van der Waals surface area contributed by atoms with Crippen molar-refractivity contribution in [1.82, 2.24) is 15.1 Å². The highest BCUT2D eigenvalue weighted by Gasteiger charge is 2.20. The van der Waals surface area contributed by atoms with Crippen LogP contribution in [0.3, 0.4) is 0 Å². The van der Waals surface area contributed by atoms with Crippen LogP contribution < -0.4 is 5.32 Å². The predicted octanol–water partition coefficient (Wildman–Crippen LogP) is 3.28. The third kappa shape index (κ3) is 2.10. The number of rotatable bonds is 4. The Balaban J connectivity index is 1.76. The summed E-state index contributed by atoms with van der Waals surface area (Å²) in [6, 6.07) is 17.5. The minimum Gasteiger partial charge on any atom is -0.310 e. The van der Waals surface area contributed by atoms with E-state index in [1.807, 2.05) is 10.9 Å². The Labute approximate surface area is 118 Å². The summed E-state index contributed by atoms with van der Waals surface area (Å²) in [5.41, 5.74) is 3.63. The van der Waals surface area contributed by atoms with E-state index in [0.717, 1.165) is 18.1 Å². The second-order valence-electron chi connectivity index (χ2n) is 5.40. The molecule has 0 bridgehead atoms. The number of hydrogen-bond acceptors (Lipinski definition) is 2. The molecule has 1 heterocycles. The molecule has 1 aromatic heterocycles. The van der Waals surface area contributed by atoms with E-state index >= 15 is 0 Å². The third-order valence-electron chi connectivity index (χ3n) is 3.86. The topological polar surface area (TPSA) is 29.9 Å². The Morgan fingerprint density at radius 1 is 1.05 bits per heavy atom. The Morgan fingerprint density at radius 2 is 1.85 bits per heavy atom. The summed E-state index contributed by atoms with van der Waals surface area (Å²) in [5, 5.41) is 9.32. The van der Waals surface area contributed by atoms with Gasteiger partial charge in [-0.3, -0.25) is 0 Å². The van der Waals surface area contributed by atoms with E-state index in [1.165, 1.54) is 29.5 Å². The molecule has 100 valence electrons. The summed E-state index contributed by atoms with van der Waals surface area (Å²) in [5.74, 6) is 0. The molecule has 3 nitrogen and oxygen atoms in total. The smallest absolute Gasteiger partial charge is 0.0741 e. The largest absolute Gasteiger partial charge is 0.310 e. The average molecular weight is 263 g/mol. The molecule has 1 aliphatic carbocycles. The van der Waals surface area contributed by atoms with Gasteiger partial charge in [0.05, 0.1) is 17.4 Å². The van der Waals surface area contributed by atoms with Crippen LogP contribution in [-0.4, -0.2) is 15.8 Å². The zero-order chi connectivity index (χ0) is 13.4. The number of para-hydroxylation sites is 2. The van der Waals surface area contributed by atoms with Crippen LogP contribution in [-0.2, 0) is 6.54 Å². The quantitative estimate of drug-likeness (QED) is 0.783. The van der Waals surface area contributed by atoms with Crippen LogP contribution >= 0.6 is 0 Å². The van der Waals surface area contributed by atoms with Gasteiger partial charge >= 0.3 is 0 Å². The van der Waals surface area contributed by atoms with Gasteiger partial charge in [0.15, 0.2) is 0 Å². The number of fused-ring (bicyclic) bond motifs is 1. The number of benzene rings is 2. The maximum atomic E-state index is 4.56. The van der Waals surface area contributed by atoms with Gasteiger partial charge in [-0.1, -0.05) is 36.4 Å². The molecule has 0 saturated heterocycles. The second kappa shape index (κ2) is 4.76. The summed E-state index contributed by atoms with van der Waals surface area (Å²) >= 11 is 0. The Kier molecular flexibility index (Phi) is 2.78. The first-order chi connectivity index (χ1) is 9.92. The van der Waals surface area contributed by atoms with E-state index in [2.05, 4.69) is 58.9 Å². The lowest BCUT2D eigenvalue weighted by atomic mass is 10.1. The van der Waals surface area contributed by atoms with Crippen molar-refractivity contribution in [2.24, 2.45) is 0 Å². The molecule has 0 radical (unpaired) electrons. The number of aromatic nitrogens is 2. The van der Waals surface area contributed by atoms with Crippen molar-refractivity contribution in [2.45, 2.75) is 25.4 Å². The van der Waals surface area contributed by atoms with Gasteiger partial charge in [0, 0.05) is 18.0 Å². The summed E-state index contributed by atoms with van der Waals surface area (Å²) < 4.78 is 2.04. The Bertz CT molecular complexity index is 741. The summed E-state index contributed by atoms with van der Waals surface area (Å²) in [6.45, 7) is 0.912. The molecular weight excluding hydrogens is 246 g/mol. The molecule has 0 spiro atoms. The van der Waals surface area contributed by atoms with Crippen molar-refractivity contribution in [3.8, 4) is 5.69 Å². The van der Waals surface area contributed by atoms with Crippen molar-refractivity contribution >= 4 is 10.9 Å².